The zero-order valence-corrected chi connectivity index (χ0v) is 10.2. The number of benzene rings is 1. The van der Waals surface area contributed by atoms with Gasteiger partial charge in [-0.3, -0.25) is 15.1 Å². The van der Waals surface area contributed by atoms with Crippen LogP contribution in [0, 0.1) is 0 Å². The van der Waals surface area contributed by atoms with Crippen LogP contribution in [0.15, 0.2) is 23.2 Å². The Labute approximate surface area is 105 Å². The fourth-order valence-corrected chi connectivity index (χ4v) is 2.29. The third-order valence-electron chi connectivity index (χ3n) is 3.15. The molecule has 0 bridgehead atoms. The first kappa shape index (κ1) is 11.1. The second-order valence-corrected chi connectivity index (χ2v) is 4.36. The van der Waals surface area contributed by atoms with E-state index in [0.29, 0.717) is 12.5 Å². The van der Waals surface area contributed by atoms with Gasteiger partial charge in [0.1, 0.15) is 11.8 Å². The van der Waals surface area contributed by atoms with Gasteiger partial charge in [0.25, 0.3) is 5.91 Å². The van der Waals surface area contributed by atoms with Crippen LogP contribution in [0.2, 0.25) is 0 Å². The lowest BCUT2D eigenvalue weighted by Crippen LogP contribution is -2.25. The Hall–Kier alpha value is -2.04. The minimum atomic E-state index is -0.346. The molecule has 2 N–H and O–H groups in total. The van der Waals surface area contributed by atoms with Gasteiger partial charge in [-0.15, -0.1) is 0 Å². The molecule has 5 heteroatoms. The summed E-state index contributed by atoms with van der Waals surface area (Å²) in [6, 6.07) is 5.55. The zero-order valence-electron chi connectivity index (χ0n) is 10.2. The molecule has 2 aliphatic rings. The van der Waals surface area contributed by atoms with Crippen LogP contribution in [0.5, 0.6) is 5.75 Å². The van der Waals surface area contributed by atoms with Gasteiger partial charge in [0.05, 0.1) is 6.61 Å². The van der Waals surface area contributed by atoms with Crippen LogP contribution in [0.25, 0.3) is 0 Å². The van der Waals surface area contributed by atoms with Gasteiger partial charge in [0, 0.05) is 13.0 Å². The number of nitrogens with one attached hydrogen (secondary N) is 2. The largest absolute Gasteiger partial charge is 0.493 e. The van der Waals surface area contributed by atoms with Crippen LogP contribution < -0.4 is 15.4 Å². The van der Waals surface area contributed by atoms with Crippen molar-refractivity contribution in [3.8, 4) is 5.75 Å². The summed E-state index contributed by atoms with van der Waals surface area (Å²) < 4.78 is 5.46. The van der Waals surface area contributed by atoms with Crippen LogP contribution in [-0.2, 0) is 11.2 Å². The van der Waals surface area contributed by atoms with E-state index < -0.39 is 0 Å². The van der Waals surface area contributed by atoms with Crippen LogP contribution in [-0.4, -0.2) is 25.0 Å². The number of hydrogen-bond acceptors (Lipinski definition) is 3. The Balaban J connectivity index is 1.87. The van der Waals surface area contributed by atoms with Crippen molar-refractivity contribution in [2.75, 3.05) is 13.2 Å². The molecule has 2 heterocycles. The average Bonchev–Trinajstić information content (AvgIpc) is 2.95. The topological polar surface area (TPSA) is 62.7 Å². The molecule has 1 aromatic rings. The standard InChI is InChI=1S/C13H15N3O2/c1-2-14-13-15-11(12(17)16-13)9-3-4-10-8(7-9)5-6-18-10/h3-4,7,11H,2,5-6H2,1H3,(H2,14,15,16,17). The SMILES string of the molecule is CCN=C1NC(=O)C(c2ccc3c(c2)CCO3)N1. The highest BCUT2D eigenvalue weighted by atomic mass is 16.5. The van der Waals surface area contributed by atoms with Gasteiger partial charge >= 0.3 is 0 Å². The Kier molecular flexibility index (Phi) is 2.66. The molecule has 1 unspecified atom stereocenters. The second kappa shape index (κ2) is 4.33. The molecule has 5 nitrogen and oxygen atoms in total. The highest BCUT2D eigenvalue weighted by molar-refractivity contribution is 6.06. The molecule has 18 heavy (non-hydrogen) atoms. The summed E-state index contributed by atoms with van der Waals surface area (Å²) in [4.78, 5) is 16.0. The lowest BCUT2D eigenvalue weighted by Gasteiger charge is -2.09. The van der Waals surface area contributed by atoms with E-state index in [4.69, 9.17) is 4.74 Å². The minimum Gasteiger partial charge on any atom is -0.493 e. The summed E-state index contributed by atoms with van der Waals surface area (Å²) in [5.41, 5.74) is 2.13. The first-order chi connectivity index (χ1) is 8.78. The molecule has 1 saturated heterocycles. The van der Waals surface area contributed by atoms with E-state index in [1.54, 1.807) is 0 Å². The van der Waals surface area contributed by atoms with E-state index in [9.17, 15) is 4.79 Å². The Morgan fingerprint density at radius 2 is 2.39 bits per heavy atom. The third kappa shape index (κ3) is 1.81. The maximum Gasteiger partial charge on any atom is 0.253 e. The van der Waals surface area contributed by atoms with Gasteiger partial charge in [-0.25, -0.2) is 0 Å². The van der Waals surface area contributed by atoms with E-state index in [2.05, 4.69) is 15.6 Å². The van der Waals surface area contributed by atoms with Crippen molar-refractivity contribution in [3.05, 3.63) is 29.3 Å². The quantitative estimate of drug-likeness (QED) is 0.808. The molecular weight excluding hydrogens is 230 g/mol. The first-order valence-electron chi connectivity index (χ1n) is 6.15. The monoisotopic (exact) mass is 245 g/mol. The summed E-state index contributed by atoms with van der Waals surface area (Å²) >= 11 is 0. The summed E-state index contributed by atoms with van der Waals surface area (Å²) in [5.74, 6) is 1.44. The van der Waals surface area contributed by atoms with E-state index in [1.165, 1.54) is 5.56 Å². The number of nitrogens with zero attached hydrogens (tertiary/aromatic N) is 1. The number of rotatable bonds is 2. The predicted octanol–water partition coefficient (Wildman–Crippen LogP) is 0.758. The van der Waals surface area contributed by atoms with Crippen LogP contribution in [0.3, 0.4) is 0 Å². The summed E-state index contributed by atoms with van der Waals surface area (Å²) in [7, 11) is 0. The molecule has 0 radical (unpaired) electrons. The molecule has 0 saturated carbocycles. The summed E-state index contributed by atoms with van der Waals surface area (Å²) in [6.45, 7) is 3.31. The number of carbonyl (C=O) groups is 1. The highest BCUT2D eigenvalue weighted by Crippen LogP contribution is 2.28. The second-order valence-electron chi connectivity index (χ2n) is 4.36. The van der Waals surface area contributed by atoms with Gasteiger partial charge in [-0.2, -0.15) is 0 Å². The van der Waals surface area contributed by atoms with E-state index in [0.717, 1.165) is 24.3 Å². The fraction of sp³-hybridized carbons (Fsp3) is 0.385. The molecule has 1 amide bonds. The molecule has 2 aliphatic heterocycles. The number of hydrogen-bond donors (Lipinski definition) is 2. The fourth-order valence-electron chi connectivity index (χ4n) is 2.29. The van der Waals surface area contributed by atoms with Crippen LogP contribution in [0.4, 0.5) is 0 Å². The van der Waals surface area contributed by atoms with Crippen molar-refractivity contribution in [2.45, 2.75) is 19.4 Å². The number of amides is 1. The van der Waals surface area contributed by atoms with Gasteiger partial charge in [0.2, 0.25) is 0 Å². The van der Waals surface area contributed by atoms with Crippen molar-refractivity contribution in [1.82, 2.24) is 10.6 Å². The molecule has 3 rings (SSSR count). The normalized spacial score (nSPS) is 23.5. The summed E-state index contributed by atoms with van der Waals surface area (Å²) in [5, 5.41) is 5.84. The van der Waals surface area contributed by atoms with Gasteiger partial charge in [-0.1, -0.05) is 6.07 Å². The average molecular weight is 245 g/mol. The maximum atomic E-state index is 11.9. The van der Waals surface area contributed by atoms with Gasteiger partial charge in [-0.05, 0) is 30.2 Å². The zero-order chi connectivity index (χ0) is 12.5. The number of carbonyl (C=O) groups excluding carboxylic acids is 1. The number of fused-ring (bicyclic) bond motifs is 1. The molecule has 1 fully saturated rings. The Morgan fingerprint density at radius 3 is 3.22 bits per heavy atom. The van der Waals surface area contributed by atoms with Crippen molar-refractivity contribution in [2.24, 2.45) is 4.99 Å². The smallest absolute Gasteiger partial charge is 0.253 e. The Bertz CT molecular complexity index is 525. The highest BCUT2D eigenvalue weighted by Gasteiger charge is 2.30. The molecule has 1 aromatic carbocycles. The van der Waals surface area contributed by atoms with Crippen LogP contribution in [0.1, 0.15) is 24.1 Å². The number of ether oxygens (including phenoxy) is 1. The van der Waals surface area contributed by atoms with Crippen LogP contribution >= 0.6 is 0 Å². The van der Waals surface area contributed by atoms with E-state index >= 15 is 0 Å². The lowest BCUT2D eigenvalue weighted by atomic mass is 10.0. The van der Waals surface area contributed by atoms with Crippen molar-refractivity contribution in [1.29, 1.82) is 0 Å². The molecule has 1 atom stereocenters. The van der Waals surface area contributed by atoms with Crippen molar-refractivity contribution < 1.29 is 9.53 Å². The summed E-state index contributed by atoms with van der Waals surface area (Å²) in [6.07, 6.45) is 0.910. The third-order valence-corrected chi connectivity index (χ3v) is 3.15. The molecule has 0 aromatic heterocycles. The minimum absolute atomic E-state index is 0.0546. The molecule has 94 valence electrons. The van der Waals surface area contributed by atoms with Crippen molar-refractivity contribution >= 4 is 11.9 Å². The number of aliphatic imine (C=N–C) groups is 1. The molecule has 0 spiro atoms. The van der Waals surface area contributed by atoms with Crippen molar-refractivity contribution in [3.63, 3.8) is 0 Å². The Morgan fingerprint density at radius 1 is 1.50 bits per heavy atom. The van der Waals surface area contributed by atoms with Gasteiger partial charge in [0.15, 0.2) is 5.96 Å². The molecule has 0 aliphatic carbocycles. The number of guanidine groups is 1. The van der Waals surface area contributed by atoms with E-state index in [-0.39, 0.29) is 11.9 Å². The lowest BCUT2D eigenvalue weighted by molar-refractivity contribution is -0.120. The van der Waals surface area contributed by atoms with E-state index in [1.807, 2.05) is 25.1 Å². The molecular formula is C13H15N3O2. The first-order valence-corrected chi connectivity index (χ1v) is 6.15. The van der Waals surface area contributed by atoms with Gasteiger partial charge < -0.3 is 10.1 Å². The predicted molar refractivity (Wildman–Crippen MR) is 67.6 cm³/mol. The maximum absolute atomic E-state index is 11.9.